The molecule has 0 unspecified atom stereocenters. The van der Waals surface area contributed by atoms with Gasteiger partial charge in [0.1, 0.15) is 16.9 Å². The zero-order valence-corrected chi connectivity index (χ0v) is 18.6. The van der Waals surface area contributed by atoms with Gasteiger partial charge in [-0.1, -0.05) is 75.3 Å². The average molecular weight is 399 g/mol. The molecule has 0 atom stereocenters. The molecule has 0 saturated heterocycles. The maximum Gasteiger partial charge on any atom is 0.342 e. The third kappa shape index (κ3) is 5.16. The molecule has 1 fully saturated rings. The molecule has 1 aliphatic heterocycles. The van der Waals surface area contributed by atoms with Crippen molar-refractivity contribution in [3.05, 3.63) is 53.3 Å². The van der Waals surface area contributed by atoms with Crippen molar-refractivity contribution in [1.29, 1.82) is 0 Å². The van der Waals surface area contributed by atoms with Gasteiger partial charge in [-0.25, -0.2) is 4.79 Å². The van der Waals surface area contributed by atoms with Gasteiger partial charge in [0.05, 0.1) is 0 Å². The van der Waals surface area contributed by atoms with E-state index in [9.17, 15) is 9.90 Å². The van der Waals surface area contributed by atoms with Crippen molar-refractivity contribution in [3.8, 4) is 0 Å². The summed E-state index contributed by atoms with van der Waals surface area (Å²) < 4.78 is 6.08. The van der Waals surface area contributed by atoms with Gasteiger partial charge in [-0.05, 0) is 42.9 Å². The molecular formula is C24H34O3Si. The highest BCUT2D eigenvalue weighted by molar-refractivity contribution is 6.76. The van der Waals surface area contributed by atoms with E-state index in [4.69, 9.17) is 4.74 Å². The van der Waals surface area contributed by atoms with E-state index >= 15 is 0 Å². The number of esters is 1. The minimum Gasteiger partial charge on any atom is -0.511 e. The maximum atomic E-state index is 13.1. The highest BCUT2D eigenvalue weighted by Gasteiger charge is 2.42. The third-order valence-corrected chi connectivity index (χ3v) is 7.26. The summed E-state index contributed by atoms with van der Waals surface area (Å²) in [6.45, 7) is 6.93. The molecule has 1 N–H and O–H groups in total. The summed E-state index contributed by atoms with van der Waals surface area (Å²) >= 11 is 0. The summed E-state index contributed by atoms with van der Waals surface area (Å²) in [7, 11) is -1.34. The molecule has 4 heteroatoms. The molecule has 3 rings (SSSR count). The summed E-state index contributed by atoms with van der Waals surface area (Å²) in [6.07, 6.45) is 10.1. The molecule has 1 saturated carbocycles. The van der Waals surface area contributed by atoms with Crippen LogP contribution in [0.1, 0.15) is 56.9 Å². The van der Waals surface area contributed by atoms with E-state index in [2.05, 4.69) is 25.7 Å². The topological polar surface area (TPSA) is 46.5 Å². The summed E-state index contributed by atoms with van der Waals surface area (Å²) in [6, 6.07) is 10.9. The van der Waals surface area contributed by atoms with Crippen LogP contribution in [0.3, 0.4) is 0 Å². The van der Waals surface area contributed by atoms with Crippen molar-refractivity contribution in [3.63, 3.8) is 0 Å². The molecule has 1 aromatic carbocycles. The van der Waals surface area contributed by atoms with Crippen LogP contribution in [0, 0.1) is 0 Å². The van der Waals surface area contributed by atoms with Gasteiger partial charge in [-0.2, -0.15) is 0 Å². The summed E-state index contributed by atoms with van der Waals surface area (Å²) in [4.78, 5) is 13.1. The molecule has 152 valence electrons. The van der Waals surface area contributed by atoms with Gasteiger partial charge < -0.3 is 9.84 Å². The van der Waals surface area contributed by atoms with Crippen LogP contribution in [0.4, 0.5) is 0 Å². The number of aliphatic hydroxyl groups excluding tert-OH is 1. The second-order valence-electron chi connectivity index (χ2n) is 9.59. The number of carbonyl (C=O) groups excluding carboxylic acids is 1. The zero-order chi connectivity index (χ0) is 20.2. The van der Waals surface area contributed by atoms with E-state index in [1.807, 2.05) is 30.3 Å². The second-order valence-corrected chi connectivity index (χ2v) is 15.1. The highest BCUT2D eigenvalue weighted by atomic mass is 28.3. The minimum absolute atomic E-state index is 0.211. The zero-order valence-electron chi connectivity index (χ0n) is 17.6. The van der Waals surface area contributed by atoms with E-state index < -0.39 is 13.7 Å². The number of hydrogen-bond acceptors (Lipinski definition) is 3. The van der Waals surface area contributed by atoms with Crippen LogP contribution >= 0.6 is 0 Å². The van der Waals surface area contributed by atoms with Gasteiger partial charge in [-0.15, -0.1) is 0 Å². The van der Waals surface area contributed by atoms with Crippen molar-refractivity contribution in [2.24, 2.45) is 0 Å². The molecule has 0 radical (unpaired) electrons. The highest BCUT2D eigenvalue weighted by Crippen LogP contribution is 2.42. The number of aliphatic hydroxyl groups is 1. The fourth-order valence-electron chi connectivity index (χ4n) is 4.28. The monoisotopic (exact) mass is 398 g/mol. The van der Waals surface area contributed by atoms with Crippen LogP contribution < -0.4 is 0 Å². The number of rotatable bonds is 4. The molecule has 1 spiro atoms. The standard InChI is InChI=1S/C24H34O3Si/c1-28(2,3)17-14-20(19-12-8-7-9-13-19)22-21(25)18-24(27-23(22)26)15-10-5-4-6-11-16-24/h7-9,12-14,25H,4-6,10-11,15-18H2,1-3H3. The van der Waals surface area contributed by atoms with Crippen LogP contribution in [0.15, 0.2) is 47.7 Å². The Morgan fingerprint density at radius 3 is 2.25 bits per heavy atom. The van der Waals surface area contributed by atoms with Crippen LogP contribution in [0.2, 0.25) is 25.7 Å². The average Bonchev–Trinajstić information content (AvgIpc) is 2.61. The van der Waals surface area contributed by atoms with E-state index in [1.165, 1.54) is 19.3 Å². The maximum absolute atomic E-state index is 13.1. The van der Waals surface area contributed by atoms with Gasteiger partial charge in [-0.3, -0.25) is 0 Å². The van der Waals surface area contributed by atoms with Gasteiger partial charge in [0.2, 0.25) is 0 Å². The lowest BCUT2D eigenvalue weighted by Gasteiger charge is -2.38. The summed E-state index contributed by atoms with van der Waals surface area (Å²) in [5.74, 6) is -0.141. The Balaban J connectivity index is 1.97. The molecule has 0 amide bonds. The van der Waals surface area contributed by atoms with Gasteiger partial charge in [0, 0.05) is 14.5 Å². The Kier molecular flexibility index (Phi) is 6.49. The minimum atomic E-state index is -1.34. The van der Waals surface area contributed by atoms with Gasteiger partial charge in [0.15, 0.2) is 0 Å². The molecule has 3 nitrogen and oxygen atoms in total. The lowest BCUT2D eigenvalue weighted by Crippen LogP contribution is -2.41. The Labute approximate surface area is 170 Å². The molecule has 1 heterocycles. The van der Waals surface area contributed by atoms with Crippen LogP contribution in [0.25, 0.3) is 5.57 Å². The Morgan fingerprint density at radius 1 is 1.07 bits per heavy atom. The van der Waals surface area contributed by atoms with E-state index in [0.29, 0.717) is 12.0 Å². The van der Waals surface area contributed by atoms with Gasteiger partial charge >= 0.3 is 5.97 Å². The van der Waals surface area contributed by atoms with Crippen molar-refractivity contribution in [1.82, 2.24) is 0 Å². The normalized spacial score (nSPS) is 21.2. The first-order valence-electron chi connectivity index (χ1n) is 10.7. The second kappa shape index (κ2) is 8.69. The van der Waals surface area contributed by atoms with E-state index in [1.54, 1.807) is 0 Å². The van der Waals surface area contributed by atoms with Crippen LogP contribution in [-0.2, 0) is 9.53 Å². The predicted molar refractivity (Wildman–Crippen MR) is 118 cm³/mol. The fraction of sp³-hybridized carbons (Fsp3) is 0.542. The molecule has 2 aliphatic rings. The lowest BCUT2D eigenvalue weighted by molar-refractivity contribution is -0.160. The number of benzene rings is 1. The van der Waals surface area contributed by atoms with Crippen LogP contribution in [-0.4, -0.2) is 24.8 Å². The molecule has 1 aromatic rings. The number of carbonyl (C=O) groups is 1. The van der Waals surface area contributed by atoms with Crippen LogP contribution in [0.5, 0.6) is 0 Å². The van der Waals surface area contributed by atoms with Crippen molar-refractivity contribution in [2.45, 2.75) is 82.7 Å². The molecular weight excluding hydrogens is 364 g/mol. The first-order valence-corrected chi connectivity index (χ1v) is 14.4. The largest absolute Gasteiger partial charge is 0.511 e. The first-order chi connectivity index (χ1) is 13.3. The van der Waals surface area contributed by atoms with Crippen molar-refractivity contribution in [2.75, 3.05) is 0 Å². The number of allylic oxidation sites excluding steroid dienone is 1. The summed E-state index contributed by atoms with van der Waals surface area (Å²) in [5.41, 5.74) is 1.65. The number of ether oxygens (including phenoxy) is 1. The van der Waals surface area contributed by atoms with Gasteiger partial charge in [0.25, 0.3) is 0 Å². The quantitative estimate of drug-likeness (QED) is 0.456. The first kappa shape index (κ1) is 20.9. The Morgan fingerprint density at radius 2 is 1.68 bits per heavy atom. The fourth-order valence-corrected chi connectivity index (χ4v) is 5.10. The number of hydrogen-bond donors (Lipinski definition) is 1. The molecule has 0 aromatic heterocycles. The Hall–Kier alpha value is -1.81. The SMILES string of the molecule is C[Si](C)(C)CC=C(C1=C(O)CC2(CCCCCCC2)OC1=O)c1ccccc1. The lowest BCUT2D eigenvalue weighted by atomic mass is 9.80. The molecule has 28 heavy (non-hydrogen) atoms. The van der Waals surface area contributed by atoms with Crippen molar-refractivity contribution < 1.29 is 14.6 Å². The smallest absolute Gasteiger partial charge is 0.342 e. The van der Waals surface area contributed by atoms with E-state index in [-0.39, 0.29) is 11.7 Å². The third-order valence-electron chi connectivity index (χ3n) is 5.83. The Bertz CT molecular complexity index is 748. The van der Waals surface area contributed by atoms with Crippen molar-refractivity contribution >= 4 is 19.6 Å². The molecule has 1 aliphatic carbocycles. The predicted octanol–water partition coefficient (Wildman–Crippen LogP) is 6.65. The van der Waals surface area contributed by atoms with E-state index in [0.717, 1.165) is 42.9 Å². The summed E-state index contributed by atoms with van der Waals surface area (Å²) in [5, 5.41) is 11.0. The molecule has 0 bridgehead atoms.